The molecule has 0 bridgehead atoms. The number of carbonyl (C=O) groups is 2. The van der Waals surface area contributed by atoms with Gasteiger partial charge in [0.05, 0.1) is 34.6 Å². The van der Waals surface area contributed by atoms with E-state index in [9.17, 15) is 19.7 Å². The molecule has 0 saturated heterocycles. The van der Waals surface area contributed by atoms with E-state index in [0.29, 0.717) is 16.6 Å². The predicted molar refractivity (Wildman–Crippen MR) is 110 cm³/mol. The van der Waals surface area contributed by atoms with Gasteiger partial charge in [-0.3, -0.25) is 14.9 Å². The zero-order valence-corrected chi connectivity index (χ0v) is 17.4. The summed E-state index contributed by atoms with van der Waals surface area (Å²) in [6.07, 6.45) is 0.751. The minimum atomic E-state index is -0.517. The number of non-ortho nitro benzene ring substituents is 1. The molecule has 1 aliphatic heterocycles. The van der Waals surface area contributed by atoms with Gasteiger partial charge in [-0.05, 0) is 38.5 Å². The molecular formula is C20H24N3O5S+. The van der Waals surface area contributed by atoms with Gasteiger partial charge in [-0.1, -0.05) is 0 Å². The molecule has 0 radical (unpaired) electrons. The van der Waals surface area contributed by atoms with E-state index >= 15 is 0 Å². The van der Waals surface area contributed by atoms with Crippen LogP contribution in [0.4, 0.5) is 10.7 Å². The number of quaternary nitrogens is 1. The zero-order chi connectivity index (χ0) is 21.1. The van der Waals surface area contributed by atoms with Gasteiger partial charge in [0, 0.05) is 24.1 Å². The third-order valence-electron chi connectivity index (χ3n) is 5.04. The minimum Gasteiger partial charge on any atom is -0.462 e. The highest BCUT2D eigenvalue weighted by atomic mass is 32.1. The van der Waals surface area contributed by atoms with Gasteiger partial charge in [0.15, 0.2) is 0 Å². The third kappa shape index (κ3) is 4.46. The summed E-state index contributed by atoms with van der Waals surface area (Å²) >= 11 is 1.41. The van der Waals surface area contributed by atoms with Crippen LogP contribution in [0.2, 0.25) is 0 Å². The molecule has 0 saturated carbocycles. The van der Waals surface area contributed by atoms with Crippen molar-refractivity contribution in [3.63, 3.8) is 0 Å². The highest BCUT2D eigenvalue weighted by Gasteiger charge is 2.32. The molecule has 0 spiro atoms. The summed E-state index contributed by atoms with van der Waals surface area (Å²) in [7, 11) is 0. The lowest BCUT2D eigenvalue weighted by molar-refractivity contribution is -0.936. The number of nitrogens with one attached hydrogen (secondary N) is 2. The summed E-state index contributed by atoms with van der Waals surface area (Å²) in [5.41, 5.74) is 1.59. The topological polar surface area (TPSA) is 103 Å². The average Bonchev–Trinajstić information content (AvgIpc) is 3.05. The van der Waals surface area contributed by atoms with E-state index in [4.69, 9.17) is 4.74 Å². The van der Waals surface area contributed by atoms with Crippen molar-refractivity contribution in [2.75, 3.05) is 18.5 Å². The lowest BCUT2D eigenvalue weighted by Crippen LogP contribution is -3.14. The molecular weight excluding hydrogens is 394 g/mol. The Kier molecular flexibility index (Phi) is 6.29. The lowest BCUT2D eigenvalue weighted by Gasteiger charge is -2.27. The monoisotopic (exact) mass is 418 g/mol. The quantitative estimate of drug-likeness (QED) is 0.426. The van der Waals surface area contributed by atoms with Gasteiger partial charge in [-0.25, -0.2) is 4.79 Å². The van der Waals surface area contributed by atoms with Crippen molar-refractivity contribution in [3.05, 3.63) is 55.9 Å². The first kappa shape index (κ1) is 20.9. The largest absolute Gasteiger partial charge is 0.462 e. The zero-order valence-electron chi connectivity index (χ0n) is 16.6. The van der Waals surface area contributed by atoms with Crippen LogP contribution in [0.15, 0.2) is 24.3 Å². The van der Waals surface area contributed by atoms with E-state index in [1.807, 2.05) is 0 Å². The van der Waals surface area contributed by atoms with Crippen molar-refractivity contribution in [3.8, 4) is 0 Å². The molecule has 8 nitrogen and oxygen atoms in total. The summed E-state index contributed by atoms with van der Waals surface area (Å²) < 4.78 is 5.23. The van der Waals surface area contributed by atoms with Crippen LogP contribution in [0.25, 0.3) is 0 Å². The molecule has 1 amide bonds. The predicted octanol–water partition coefficient (Wildman–Crippen LogP) is 2.43. The van der Waals surface area contributed by atoms with E-state index in [-0.39, 0.29) is 17.9 Å². The fraction of sp³-hybridized carbons (Fsp3) is 0.400. The van der Waals surface area contributed by atoms with Gasteiger partial charge in [0.25, 0.3) is 11.6 Å². The first-order valence-corrected chi connectivity index (χ1v) is 10.4. The number of benzene rings is 1. The second-order valence-electron chi connectivity index (χ2n) is 7.18. The smallest absolute Gasteiger partial charge is 0.341 e. The summed E-state index contributed by atoms with van der Waals surface area (Å²) in [6, 6.07) is 5.83. The Balaban J connectivity index is 1.90. The Bertz CT molecular complexity index is 936. The Morgan fingerprint density at radius 3 is 2.59 bits per heavy atom. The van der Waals surface area contributed by atoms with Crippen molar-refractivity contribution in [2.45, 2.75) is 39.8 Å². The number of hydrogen-bond acceptors (Lipinski definition) is 6. The number of carbonyl (C=O) groups excluding carboxylic acids is 2. The SMILES string of the molecule is CCOC(=O)c1c(NC(=O)c2ccc([N+](=O)[O-])cc2)sc2c1CC[NH+](C(C)C)C2. The second kappa shape index (κ2) is 8.71. The van der Waals surface area contributed by atoms with E-state index < -0.39 is 16.8 Å². The summed E-state index contributed by atoms with van der Waals surface area (Å²) in [6.45, 7) is 8.05. The molecule has 1 aromatic heterocycles. The molecule has 3 rings (SSSR count). The fourth-order valence-corrected chi connectivity index (χ4v) is 4.69. The highest BCUT2D eigenvalue weighted by molar-refractivity contribution is 7.17. The summed E-state index contributed by atoms with van der Waals surface area (Å²) in [5, 5.41) is 14.1. The van der Waals surface area contributed by atoms with Gasteiger partial charge in [0.2, 0.25) is 0 Å². The van der Waals surface area contributed by atoms with Crippen LogP contribution < -0.4 is 10.2 Å². The molecule has 154 valence electrons. The molecule has 1 atom stereocenters. The Labute approximate surface area is 172 Å². The van der Waals surface area contributed by atoms with Crippen molar-refractivity contribution in [1.29, 1.82) is 0 Å². The van der Waals surface area contributed by atoms with Crippen LogP contribution in [0.1, 0.15) is 51.9 Å². The van der Waals surface area contributed by atoms with Crippen LogP contribution in [0.3, 0.4) is 0 Å². The van der Waals surface area contributed by atoms with E-state index in [0.717, 1.165) is 30.0 Å². The molecule has 1 unspecified atom stereocenters. The van der Waals surface area contributed by atoms with Crippen LogP contribution >= 0.6 is 11.3 Å². The van der Waals surface area contributed by atoms with Crippen LogP contribution in [-0.2, 0) is 17.7 Å². The number of thiophene rings is 1. The Morgan fingerprint density at radius 1 is 1.31 bits per heavy atom. The van der Waals surface area contributed by atoms with Crippen molar-refractivity contribution < 1.29 is 24.1 Å². The van der Waals surface area contributed by atoms with Crippen LogP contribution in [0.5, 0.6) is 0 Å². The molecule has 0 fully saturated rings. The van der Waals surface area contributed by atoms with Gasteiger partial charge in [-0.15, -0.1) is 11.3 Å². The van der Waals surface area contributed by atoms with Gasteiger partial charge in [0.1, 0.15) is 11.5 Å². The third-order valence-corrected chi connectivity index (χ3v) is 6.19. The number of nitrogens with zero attached hydrogens (tertiary/aromatic N) is 1. The molecule has 2 N–H and O–H groups in total. The van der Waals surface area contributed by atoms with Gasteiger partial charge >= 0.3 is 5.97 Å². The Morgan fingerprint density at radius 2 is 2.00 bits per heavy atom. The van der Waals surface area contributed by atoms with Crippen LogP contribution in [-0.4, -0.2) is 36.0 Å². The van der Waals surface area contributed by atoms with E-state index in [2.05, 4.69) is 19.2 Å². The lowest BCUT2D eigenvalue weighted by atomic mass is 10.0. The first-order chi connectivity index (χ1) is 13.8. The molecule has 2 heterocycles. The highest BCUT2D eigenvalue weighted by Crippen LogP contribution is 2.35. The Hall–Kier alpha value is -2.78. The van der Waals surface area contributed by atoms with Crippen molar-refractivity contribution >= 4 is 33.9 Å². The number of hydrogen-bond donors (Lipinski definition) is 2. The maximum atomic E-state index is 12.7. The first-order valence-electron chi connectivity index (χ1n) is 9.53. The number of fused-ring (bicyclic) bond motifs is 1. The number of anilines is 1. The number of rotatable bonds is 6. The molecule has 1 aromatic carbocycles. The standard InChI is InChI=1S/C20H23N3O5S/c1-4-28-20(25)17-15-9-10-22(12(2)3)11-16(15)29-19(17)21-18(24)13-5-7-14(8-6-13)23(26)27/h5-8,12H,4,9-11H2,1-3H3,(H,21,24)/p+1. The number of esters is 1. The number of ether oxygens (including phenoxy) is 1. The van der Waals surface area contributed by atoms with Crippen molar-refractivity contribution in [1.82, 2.24) is 0 Å². The second-order valence-corrected chi connectivity index (χ2v) is 8.28. The number of amides is 1. The molecule has 29 heavy (non-hydrogen) atoms. The molecule has 2 aromatic rings. The fourth-order valence-electron chi connectivity index (χ4n) is 3.41. The minimum absolute atomic E-state index is 0.0860. The summed E-state index contributed by atoms with van der Waals surface area (Å²) in [4.78, 5) is 38.1. The normalized spacial score (nSPS) is 15.7. The molecule has 1 aliphatic rings. The number of nitro groups is 1. The maximum Gasteiger partial charge on any atom is 0.341 e. The van der Waals surface area contributed by atoms with Crippen molar-refractivity contribution in [2.24, 2.45) is 0 Å². The average molecular weight is 418 g/mol. The maximum absolute atomic E-state index is 12.7. The van der Waals surface area contributed by atoms with E-state index in [1.54, 1.807) is 6.92 Å². The summed E-state index contributed by atoms with van der Waals surface area (Å²) in [5.74, 6) is -0.853. The molecule has 9 heteroatoms. The van der Waals surface area contributed by atoms with Crippen LogP contribution in [0, 0.1) is 10.1 Å². The van der Waals surface area contributed by atoms with Gasteiger partial charge in [-0.2, -0.15) is 0 Å². The van der Waals surface area contributed by atoms with Gasteiger partial charge < -0.3 is 15.0 Å². The van der Waals surface area contributed by atoms with E-state index in [1.165, 1.54) is 40.5 Å². The number of nitro benzene ring substituents is 1. The molecule has 0 aliphatic carbocycles.